The molecular weight excluding hydrogens is 334 g/mol. The van der Waals surface area contributed by atoms with Gasteiger partial charge in [-0.05, 0) is 31.9 Å². The number of furan rings is 1. The van der Waals surface area contributed by atoms with E-state index < -0.39 is 5.92 Å². The number of nitriles is 1. The molecule has 7 nitrogen and oxygen atoms in total. The number of nitrogens with zero attached hydrogens (tertiary/aromatic N) is 2. The largest absolute Gasteiger partial charge is 0.468 e. The molecule has 26 heavy (non-hydrogen) atoms. The summed E-state index contributed by atoms with van der Waals surface area (Å²) in [5, 5.41) is 9.56. The Kier molecular flexibility index (Phi) is 4.05. The summed E-state index contributed by atoms with van der Waals surface area (Å²) in [6, 6.07) is 7.29. The van der Waals surface area contributed by atoms with Gasteiger partial charge in [0.1, 0.15) is 23.2 Å². The molecule has 2 atom stereocenters. The van der Waals surface area contributed by atoms with Crippen molar-refractivity contribution in [2.45, 2.75) is 38.3 Å². The van der Waals surface area contributed by atoms with Crippen molar-refractivity contribution in [1.29, 1.82) is 5.26 Å². The van der Waals surface area contributed by atoms with Crippen LogP contribution in [0.4, 0.5) is 0 Å². The second kappa shape index (κ2) is 6.39. The van der Waals surface area contributed by atoms with Crippen molar-refractivity contribution in [3.05, 3.63) is 63.3 Å². The monoisotopic (exact) mass is 353 g/mol. The fraction of sp³-hybridized carbons (Fsp3) is 0.368. The molecule has 2 N–H and O–H groups in total. The Morgan fingerprint density at radius 1 is 1.46 bits per heavy atom. The average Bonchev–Trinajstić information content (AvgIpc) is 3.31. The molecule has 1 fully saturated rings. The molecule has 0 unspecified atom stereocenters. The van der Waals surface area contributed by atoms with Crippen LogP contribution in [0.5, 0.6) is 5.75 Å². The predicted octanol–water partition coefficient (Wildman–Crippen LogP) is 2.15. The summed E-state index contributed by atoms with van der Waals surface area (Å²) in [6.45, 7) is 3.05. The lowest BCUT2D eigenvalue weighted by atomic mass is 9.88. The van der Waals surface area contributed by atoms with Crippen LogP contribution in [0.2, 0.25) is 0 Å². The van der Waals surface area contributed by atoms with E-state index in [4.69, 9.17) is 19.6 Å². The quantitative estimate of drug-likeness (QED) is 0.907. The van der Waals surface area contributed by atoms with Gasteiger partial charge in [-0.15, -0.1) is 0 Å². The topological polar surface area (TPSA) is 103 Å². The molecule has 2 aliphatic heterocycles. The molecule has 134 valence electrons. The van der Waals surface area contributed by atoms with Crippen molar-refractivity contribution in [3.63, 3.8) is 0 Å². The van der Waals surface area contributed by atoms with E-state index in [1.54, 1.807) is 22.8 Å². The highest BCUT2D eigenvalue weighted by atomic mass is 16.5. The summed E-state index contributed by atoms with van der Waals surface area (Å²) in [5.74, 6) is 0.173. The van der Waals surface area contributed by atoms with Gasteiger partial charge in [-0.1, -0.05) is 0 Å². The minimum atomic E-state index is -0.678. The highest BCUT2D eigenvalue weighted by molar-refractivity contribution is 5.53. The van der Waals surface area contributed by atoms with Gasteiger partial charge in [0, 0.05) is 18.4 Å². The first-order valence-corrected chi connectivity index (χ1v) is 8.57. The number of allylic oxidation sites excluding steroid dienone is 1. The molecule has 0 bridgehead atoms. The molecule has 0 amide bonds. The first kappa shape index (κ1) is 16.5. The fourth-order valence-electron chi connectivity index (χ4n) is 3.65. The first-order chi connectivity index (χ1) is 12.6. The van der Waals surface area contributed by atoms with Crippen LogP contribution in [0.3, 0.4) is 0 Å². The van der Waals surface area contributed by atoms with Gasteiger partial charge in [0.25, 0.3) is 5.56 Å². The number of aryl methyl sites for hydroxylation is 1. The Bertz CT molecular complexity index is 960. The van der Waals surface area contributed by atoms with Crippen LogP contribution in [0.1, 0.15) is 35.8 Å². The summed E-state index contributed by atoms with van der Waals surface area (Å²) in [4.78, 5) is 13.3. The fourth-order valence-corrected chi connectivity index (χ4v) is 3.65. The van der Waals surface area contributed by atoms with Gasteiger partial charge < -0.3 is 24.2 Å². The lowest BCUT2D eigenvalue weighted by Gasteiger charge is -2.26. The maximum atomic E-state index is 13.3. The van der Waals surface area contributed by atoms with E-state index in [0.717, 1.165) is 25.1 Å². The second-order valence-corrected chi connectivity index (χ2v) is 6.55. The van der Waals surface area contributed by atoms with Crippen molar-refractivity contribution in [1.82, 2.24) is 4.57 Å². The molecule has 4 heterocycles. The van der Waals surface area contributed by atoms with Crippen molar-refractivity contribution >= 4 is 0 Å². The summed E-state index contributed by atoms with van der Waals surface area (Å²) < 4.78 is 18.5. The number of hydrogen-bond donors (Lipinski definition) is 1. The number of aromatic nitrogens is 1. The second-order valence-electron chi connectivity index (χ2n) is 6.55. The Balaban J connectivity index is 1.88. The number of ether oxygens (including phenoxy) is 2. The summed E-state index contributed by atoms with van der Waals surface area (Å²) >= 11 is 0. The number of pyridine rings is 1. The Morgan fingerprint density at radius 3 is 2.96 bits per heavy atom. The van der Waals surface area contributed by atoms with Crippen LogP contribution in [0.15, 0.2) is 45.1 Å². The highest BCUT2D eigenvalue weighted by Crippen LogP contribution is 2.40. The molecule has 0 radical (unpaired) electrons. The number of fused-ring (bicyclic) bond motifs is 1. The molecule has 0 saturated carbocycles. The molecule has 2 aromatic rings. The van der Waals surface area contributed by atoms with Gasteiger partial charge >= 0.3 is 0 Å². The summed E-state index contributed by atoms with van der Waals surface area (Å²) in [7, 11) is 0. The third-order valence-electron chi connectivity index (χ3n) is 4.93. The predicted molar refractivity (Wildman–Crippen MR) is 92.4 cm³/mol. The van der Waals surface area contributed by atoms with Gasteiger partial charge in [0.2, 0.25) is 5.88 Å². The van der Waals surface area contributed by atoms with Crippen LogP contribution >= 0.6 is 0 Å². The molecule has 4 rings (SSSR count). The third-order valence-corrected chi connectivity index (χ3v) is 4.93. The van der Waals surface area contributed by atoms with Crippen molar-refractivity contribution < 1.29 is 13.9 Å². The molecule has 7 heteroatoms. The molecule has 0 aliphatic carbocycles. The summed E-state index contributed by atoms with van der Waals surface area (Å²) in [5.41, 5.74) is 7.03. The zero-order chi connectivity index (χ0) is 18.3. The smallest absolute Gasteiger partial charge is 0.258 e. The normalized spacial score (nSPS) is 22.0. The Morgan fingerprint density at radius 2 is 2.31 bits per heavy atom. The molecule has 1 saturated heterocycles. The van der Waals surface area contributed by atoms with Crippen molar-refractivity contribution in [2.24, 2.45) is 5.73 Å². The molecule has 2 aromatic heterocycles. The molecule has 0 aromatic carbocycles. The molecular formula is C19H19N3O4. The molecule has 2 aliphatic rings. The van der Waals surface area contributed by atoms with E-state index in [1.807, 2.05) is 6.92 Å². The Labute approximate surface area is 150 Å². The van der Waals surface area contributed by atoms with Crippen LogP contribution in [-0.2, 0) is 11.3 Å². The number of rotatable bonds is 3. The van der Waals surface area contributed by atoms with Gasteiger partial charge in [-0.25, -0.2) is 0 Å². The summed E-state index contributed by atoms with van der Waals surface area (Å²) in [6.07, 6.45) is 3.46. The standard InChI is InChI=1S/C19H19N3O4/c1-11-8-15-17(19(23)22(11)10-12-4-2-6-24-12)16(14-5-3-7-25-14)13(9-20)18(21)26-15/h3,5,7-8,12,16H,2,4,6,10,21H2,1H3/t12-,16-/m1/s1. The minimum absolute atomic E-state index is 0.00271. The van der Waals surface area contributed by atoms with E-state index in [9.17, 15) is 10.1 Å². The zero-order valence-electron chi connectivity index (χ0n) is 14.4. The highest BCUT2D eigenvalue weighted by Gasteiger charge is 2.36. The van der Waals surface area contributed by atoms with E-state index in [0.29, 0.717) is 23.6 Å². The lowest BCUT2D eigenvalue weighted by Crippen LogP contribution is -2.34. The zero-order valence-corrected chi connectivity index (χ0v) is 14.4. The lowest BCUT2D eigenvalue weighted by molar-refractivity contribution is 0.0954. The van der Waals surface area contributed by atoms with Crippen molar-refractivity contribution in [3.8, 4) is 11.8 Å². The SMILES string of the molecule is Cc1cc2c(c(=O)n1C[C@H]1CCCO1)[C@@H](c1ccco1)C(C#N)=C(N)O2. The van der Waals surface area contributed by atoms with Gasteiger partial charge in [0.05, 0.1) is 30.4 Å². The van der Waals surface area contributed by atoms with Gasteiger partial charge in [0.15, 0.2) is 0 Å². The van der Waals surface area contributed by atoms with Crippen LogP contribution < -0.4 is 16.0 Å². The number of nitrogens with two attached hydrogens (primary N) is 1. The maximum Gasteiger partial charge on any atom is 0.258 e. The van der Waals surface area contributed by atoms with Crippen LogP contribution in [0, 0.1) is 18.3 Å². The van der Waals surface area contributed by atoms with E-state index >= 15 is 0 Å². The number of hydrogen-bond acceptors (Lipinski definition) is 6. The first-order valence-electron chi connectivity index (χ1n) is 8.57. The van der Waals surface area contributed by atoms with E-state index in [2.05, 4.69) is 6.07 Å². The maximum absolute atomic E-state index is 13.3. The van der Waals surface area contributed by atoms with Crippen LogP contribution in [0.25, 0.3) is 0 Å². The molecule has 0 spiro atoms. The van der Waals surface area contributed by atoms with Gasteiger partial charge in [-0.2, -0.15) is 5.26 Å². The van der Waals surface area contributed by atoms with E-state index in [1.165, 1.54) is 6.26 Å². The average molecular weight is 353 g/mol. The van der Waals surface area contributed by atoms with E-state index in [-0.39, 0.29) is 23.1 Å². The van der Waals surface area contributed by atoms with Gasteiger partial charge in [-0.3, -0.25) is 4.79 Å². The third kappa shape index (κ3) is 2.59. The minimum Gasteiger partial charge on any atom is -0.468 e. The van der Waals surface area contributed by atoms with Crippen molar-refractivity contribution in [2.75, 3.05) is 6.61 Å². The Hall–Kier alpha value is -2.98. The van der Waals surface area contributed by atoms with Crippen LogP contribution in [-0.4, -0.2) is 17.3 Å².